The number of carbonyl (C=O) groups is 1. The van der Waals surface area contributed by atoms with Crippen molar-refractivity contribution < 1.29 is 14.3 Å². The summed E-state index contributed by atoms with van der Waals surface area (Å²) in [5, 5.41) is 11.6. The number of tetrazole rings is 1. The second kappa shape index (κ2) is 6.90. The highest BCUT2D eigenvalue weighted by atomic mass is 32.1. The molecule has 0 N–H and O–H groups in total. The fourth-order valence-electron chi connectivity index (χ4n) is 3.07. The third-order valence-electron chi connectivity index (χ3n) is 4.39. The molecular formula is C20H14N4O3S. The highest BCUT2D eigenvalue weighted by Crippen LogP contribution is 2.42. The molecule has 5 rings (SSSR count). The lowest BCUT2D eigenvalue weighted by Crippen LogP contribution is -2.09. The van der Waals surface area contributed by atoms with Crippen molar-refractivity contribution in [2.24, 2.45) is 0 Å². The Bertz CT molecular complexity index is 1150. The Morgan fingerprint density at radius 1 is 1.14 bits per heavy atom. The molecule has 0 amide bonds. The molecule has 0 aliphatic carbocycles. The standard InChI is InChI=1S/C20H14N4O3S/c25-20(27-12-18-21-22-23-24(18)14-6-2-1-3-7-14)17-10-13-11-26-16-9-5-4-8-15(16)19(13)28-17/h1-10H,11-12H2. The first-order valence-corrected chi connectivity index (χ1v) is 9.46. The summed E-state index contributed by atoms with van der Waals surface area (Å²) >= 11 is 1.41. The molecule has 1 aliphatic heterocycles. The molecule has 0 unspecified atom stereocenters. The van der Waals surface area contributed by atoms with Crippen LogP contribution >= 0.6 is 11.3 Å². The van der Waals surface area contributed by atoms with Crippen LogP contribution < -0.4 is 4.74 Å². The van der Waals surface area contributed by atoms with Crippen LogP contribution in [0, 0.1) is 0 Å². The lowest BCUT2D eigenvalue weighted by molar-refractivity contribution is 0.0465. The van der Waals surface area contributed by atoms with E-state index >= 15 is 0 Å². The van der Waals surface area contributed by atoms with Crippen molar-refractivity contribution in [1.29, 1.82) is 0 Å². The molecule has 8 heteroatoms. The summed E-state index contributed by atoms with van der Waals surface area (Å²) < 4.78 is 12.8. The van der Waals surface area contributed by atoms with E-state index in [0.717, 1.165) is 27.4 Å². The Hall–Kier alpha value is -3.52. The minimum atomic E-state index is -0.403. The van der Waals surface area contributed by atoms with E-state index in [9.17, 15) is 4.79 Å². The number of thiophene rings is 1. The molecule has 4 aromatic rings. The van der Waals surface area contributed by atoms with E-state index in [4.69, 9.17) is 9.47 Å². The molecule has 3 heterocycles. The van der Waals surface area contributed by atoms with Gasteiger partial charge in [0.2, 0.25) is 0 Å². The first-order valence-electron chi connectivity index (χ1n) is 8.64. The van der Waals surface area contributed by atoms with Crippen molar-refractivity contribution in [2.75, 3.05) is 0 Å². The van der Waals surface area contributed by atoms with Gasteiger partial charge in [0.25, 0.3) is 0 Å². The van der Waals surface area contributed by atoms with Crippen LogP contribution in [0.4, 0.5) is 0 Å². The summed E-state index contributed by atoms with van der Waals surface area (Å²) in [6.07, 6.45) is 0. The Morgan fingerprint density at radius 3 is 2.86 bits per heavy atom. The SMILES string of the molecule is O=C(OCc1nnnn1-c1ccccc1)c1cc2c(s1)-c1ccccc1OC2. The maximum atomic E-state index is 12.6. The molecule has 0 atom stereocenters. The predicted molar refractivity (Wildman–Crippen MR) is 102 cm³/mol. The number of hydrogen-bond donors (Lipinski definition) is 0. The minimum absolute atomic E-state index is 0.0175. The van der Waals surface area contributed by atoms with Gasteiger partial charge in [0.05, 0.1) is 5.69 Å². The molecule has 28 heavy (non-hydrogen) atoms. The first-order chi connectivity index (χ1) is 13.8. The van der Waals surface area contributed by atoms with E-state index in [2.05, 4.69) is 15.5 Å². The zero-order valence-electron chi connectivity index (χ0n) is 14.6. The van der Waals surface area contributed by atoms with Crippen LogP contribution in [0.2, 0.25) is 0 Å². The maximum absolute atomic E-state index is 12.6. The predicted octanol–water partition coefficient (Wildman–Crippen LogP) is 3.64. The zero-order valence-corrected chi connectivity index (χ0v) is 15.4. The molecule has 0 bridgehead atoms. The van der Waals surface area contributed by atoms with E-state index in [0.29, 0.717) is 17.3 Å². The fourth-order valence-corrected chi connectivity index (χ4v) is 4.16. The summed E-state index contributed by atoms with van der Waals surface area (Å²) in [4.78, 5) is 14.2. The van der Waals surface area contributed by atoms with E-state index in [1.165, 1.54) is 11.3 Å². The van der Waals surface area contributed by atoms with Crippen molar-refractivity contribution in [3.8, 4) is 21.9 Å². The molecule has 0 spiro atoms. The zero-order chi connectivity index (χ0) is 18.9. The van der Waals surface area contributed by atoms with Gasteiger partial charge in [-0.15, -0.1) is 16.4 Å². The Balaban J connectivity index is 1.35. The third-order valence-corrected chi connectivity index (χ3v) is 5.58. The number of carbonyl (C=O) groups excluding carboxylic acids is 1. The largest absolute Gasteiger partial charge is 0.488 e. The van der Waals surface area contributed by atoms with Gasteiger partial charge in [-0.2, -0.15) is 4.68 Å². The smallest absolute Gasteiger partial charge is 0.348 e. The molecule has 7 nitrogen and oxygen atoms in total. The summed E-state index contributed by atoms with van der Waals surface area (Å²) in [6.45, 7) is 0.429. The van der Waals surface area contributed by atoms with Crippen LogP contribution in [0.25, 0.3) is 16.1 Å². The number of para-hydroxylation sites is 2. The van der Waals surface area contributed by atoms with Gasteiger partial charge >= 0.3 is 5.97 Å². The molecule has 138 valence electrons. The Labute approximate surface area is 164 Å². The van der Waals surface area contributed by atoms with Gasteiger partial charge in [-0.3, -0.25) is 0 Å². The Kier molecular flexibility index (Phi) is 4.10. The first kappa shape index (κ1) is 16.6. The average molecular weight is 390 g/mol. The number of hydrogen-bond acceptors (Lipinski definition) is 7. The van der Waals surface area contributed by atoms with Crippen LogP contribution in [0.1, 0.15) is 21.1 Å². The summed E-state index contributed by atoms with van der Waals surface area (Å²) in [5.41, 5.74) is 2.80. The molecule has 2 aromatic heterocycles. The van der Waals surface area contributed by atoms with Crippen molar-refractivity contribution in [1.82, 2.24) is 20.2 Å². The highest BCUT2D eigenvalue weighted by Gasteiger charge is 2.23. The normalized spacial score (nSPS) is 12.0. The molecule has 2 aromatic carbocycles. The van der Waals surface area contributed by atoms with Crippen LogP contribution in [0.5, 0.6) is 5.75 Å². The second-order valence-electron chi connectivity index (χ2n) is 6.17. The van der Waals surface area contributed by atoms with Crippen LogP contribution in [0.15, 0.2) is 60.7 Å². The second-order valence-corrected chi connectivity index (χ2v) is 7.22. The molecular weight excluding hydrogens is 376 g/mol. The van der Waals surface area contributed by atoms with E-state index in [-0.39, 0.29) is 6.61 Å². The van der Waals surface area contributed by atoms with Crippen molar-refractivity contribution >= 4 is 17.3 Å². The summed E-state index contributed by atoms with van der Waals surface area (Å²) in [5.74, 6) is 0.882. The molecule has 0 fully saturated rings. The van der Waals surface area contributed by atoms with Gasteiger partial charge in [0.15, 0.2) is 12.4 Å². The highest BCUT2D eigenvalue weighted by molar-refractivity contribution is 7.17. The number of ether oxygens (including phenoxy) is 2. The monoisotopic (exact) mass is 390 g/mol. The van der Waals surface area contributed by atoms with Gasteiger partial charge in [-0.1, -0.05) is 30.3 Å². The van der Waals surface area contributed by atoms with Crippen molar-refractivity contribution in [2.45, 2.75) is 13.2 Å². The van der Waals surface area contributed by atoms with Crippen molar-refractivity contribution in [3.05, 3.63) is 76.9 Å². The van der Waals surface area contributed by atoms with Crippen LogP contribution in [-0.4, -0.2) is 26.2 Å². The van der Waals surface area contributed by atoms with E-state index < -0.39 is 5.97 Å². The molecule has 0 saturated carbocycles. The third kappa shape index (κ3) is 2.93. The summed E-state index contributed by atoms with van der Waals surface area (Å²) in [7, 11) is 0. The number of benzene rings is 2. The van der Waals surface area contributed by atoms with Crippen LogP contribution in [-0.2, 0) is 18.0 Å². The lowest BCUT2D eigenvalue weighted by atomic mass is 10.1. The number of fused-ring (bicyclic) bond motifs is 3. The lowest BCUT2D eigenvalue weighted by Gasteiger charge is -2.16. The molecule has 1 aliphatic rings. The minimum Gasteiger partial charge on any atom is -0.488 e. The fraction of sp³-hybridized carbons (Fsp3) is 0.100. The van der Waals surface area contributed by atoms with E-state index in [1.54, 1.807) is 4.68 Å². The van der Waals surface area contributed by atoms with Gasteiger partial charge in [-0.25, -0.2) is 4.79 Å². The maximum Gasteiger partial charge on any atom is 0.348 e. The topological polar surface area (TPSA) is 79.1 Å². The molecule has 0 radical (unpaired) electrons. The summed E-state index contributed by atoms with van der Waals surface area (Å²) in [6, 6.07) is 19.1. The van der Waals surface area contributed by atoms with E-state index in [1.807, 2.05) is 60.7 Å². The van der Waals surface area contributed by atoms with Gasteiger partial charge in [0.1, 0.15) is 17.2 Å². The van der Waals surface area contributed by atoms with Crippen molar-refractivity contribution in [3.63, 3.8) is 0 Å². The van der Waals surface area contributed by atoms with Gasteiger partial charge in [0, 0.05) is 16.0 Å². The van der Waals surface area contributed by atoms with Crippen LogP contribution in [0.3, 0.4) is 0 Å². The Morgan fingerprint density at radius 2 is 1.96 bits per heavy atom. The van der Waals surface area contributed by atoms with Gasteiger partial charge < -0.3 is 9.47 Å². The number of esters is 1. The number of aromatic nitrogens is 4. The molecule has 0 saturated heterocycles. The quantitative estimate of drug-likeness (QED) is 0.495. The number of nitrogens with zero attached hydrogens (tertiary/aromatic N) is 4. The number of rotatable bonds is 4. The average Bonchev–Trinajstić information content (AvgIpc) is 3.40. The van der Waals surface area contributed by atoms with Gasteiger partial charge in [-0.05, 0) is 40.8 Å².